The van der Waals surface area contributed by atoms with Crippen molar-refractivity contribution in [1.29, 1.82) is 0 Å². The summed E-state index contributed by atoms with van der Waals surface area (Å²) in [5, 5.41) is 0. The zero-order valence-corrected chi connectivity index (χ0v) is 10.2. The van der Waals surface area contributed by atoms with E-state index in [1.165, 1.54) is 24.8 Å². The normalized spacial score (nSPS) is 31.5. The quantitative estimate of drug-likeness (QED) is 0.627. The highest BCUT2D eigenvalue weighted by atomic mass is 14.3. The number of benzene rings is 1. The molecule has 1 aromatic rings. The summed E-state index contributed by atoms with van der Waals surface area (Å²) in [5.41, 5.74) is 2.93. The van der Waals surface area contributed by atoms with E-state index in [0.29, 0.717) is 0 Å². The van der Waals surface area contributed by atoms with Crippen LogP contribution in [0.5, 0.6) is 0 Å². The average molecular weight is 202 g/mol. The van der Waals surface area contributed by atoms with Gasteiger partial charge in [-0.3, -0.25) is 0 Å². The van der Waals surface area contributed by atoms with E-state index in [1.807, 2.05) is 0 Å². The third-order valence-electron chi connectivity index (χ3n) is 3.96. The summed E-state index contributed by atoms with van der Waals surface area (Å²) in [4.78, 5) is 0. The van der Waals surface area contributed by atoms with Crippen molar-refractivity contribution >= 4 is 0 Å². The van der Waals surface area contributed by atoms with Crippen molar-refractivity contribution in [2.45, 2.75) is 46.0 Å². The molecule has 3 atom stereocenters. The van der Waals surface area contributed by atoms with Crippen LogP contribution in [-0.2, 0) is 0 Å². The van der Waals surface area contributed by atoms with Gasteiger partial charge in [0.2, 0.25) is 0 Å². The van der Waals surface area contributed by atoms with Gasteiger partial charge in [0, 0.05) is 0 Å². The van der Waals surface area contributed by atoms with E-state index in [4.69, 9.17) is 0 Å². The van der Waals surface area contributed by atoms with Gasteiger partial charge in [-0.15, -0.1) is 0 Å². The van der Waals surface area contributed by atoms with E-state index in [1.54, 1.807) is 5.56 Å². The molecule has 3 unspecified atom stereocenters. The highest BCUT2D eigenvalue weighted by molar-refractivity contribution is 5.25. The summed E-state index contributed by atoms with van der Waals surface area (Å²) in [7, 11) is 0. The Balaban J connectivity index is 2.17. The third-order valence-corrected chi connectivity index (χ3v) is 3.96. The van der Waals surface area contributed by atoms with Crippen molar-refractivity contribution in [3.8, 4) is 0 Å². The molecule has 0 heterocycles. The first kappa shape index (κ1) is 10.7. The molecule has 0 aromatic heterocycles. The maximum atomic E-state index is 2.41. The Kier molecular flexibility index (Phi) is 3.14. The summed E-state index contributed by atoms with van der Waals surface area (Å²) in [6.45, 7) is 6.97. The van der Waals surface area contributed by atoms with Gasteiger partial charge < -0.3 is 0 Å². The molecule has 0 amide bonds. The molecule has 2 rings (SSSR count). The predicted octanol–water partition coefficient (Wildman–Crippen LogP) is 4.53. The van der Waals surface area contributed by atoms with Crippen LogP contribution in [0.4, 0.5) is 0 Å². The van der Waals surface area contributed by atoms with Crippen LogP contribution >= 0.6 is 0 Å². The third kappa shape index (κ3) is 2.42. The largest absolute Gasteiger partial charge is 0.0625 e. The summed E-state index contributed by atoms with van der Waals surface area (Å²) in [5.74, 6) is 2.57. The van der Waals surface area contributed by atoms with Crippen molar-refractivity contribution in [1.82, 2.24) is 0 Å². The molecule has 1 aliphatic rings. The van der Waals surface area contributed by atoms with Gasteiger partial charge in [0.1, 0.15) is 0 Å². The summed E-state index contributed by atoms with van der Waals surface area (Å²) in [6, 6.07) is 9.16. The minimum Gasteiger partial charge on any atom is -0.0625 e. The Bertz CT molecular complexity index is 309. The van der Waals surface area contributed by atoms with E-state index in [9.17, 15) is 0 Å². The van der Waals surface area contributed by atoms with Gasteiger partial charge >= 0.3 is 0 Å². The van der Waals surface area contributed by atoms with Crippen molar-refractivity contribution in [2.24, 2.45) is 11.8 Å². The lowest BCUT2D eigenvalue weighted by molar-refractivity contribution is 0.264. The molecule has 0 saturated heterocycles. The second-order valence-electron chi connectivity index (χ2n) is 5.41. The second-order valence-corrected chi connectivity index (χ2v) is 5.41. The molecular formula is C15H22. The molecule has 82 valence electrons. The summed E-state index contributed by atoms with van der Waals surface area (Å²) >= 11 is 0. The van der Waals surface area contributed by atoms with Gasteiger partial charge in [-0.05, 0) is 43.1 Å². The molecular weight excluding hydrogens is 180 g/mol. The molecule has 1 aromatic carbocycles. The standard InChI is InChI=1S/C15H22/c1-11-5-8-14(9-6-11)15-10-12(2)4-7-13(15)3/h5-6,8-9,12-13,15H,4,7,10H2,1-3H3. The summed E-state index contributed by atoms with van der Waals surface area (Å²) < 4.78 is 0. The van der Waals surface area contributed by atoms with Crippen LogP contribution in [-0.4, -0.2) is 0 Å². The molecule has 0 spiro atoms. The van der Waals surface area contributed by atoms with E-state index >= 15 is 0 Å². The highest BCUT2D eigenvalue weighted by Gasteiger charge is 2.26. The number of rotatable bonds is 1. The zero-order chi connectivity index (χ0) is 10.8. The Labute approximate surface area is 93.7 Å². The van der Waals surface area contributed by atoms with E-state index in [-0.39, 0.29) is 0 Å². The zero-order valence-electron chi connectivity index (χ0n) is 10.2. The first-order valence-electron chi connectivity index (χ1n) is 6.23. The molecule has 1 fully saturated rings. The fourth-order valence-electron chi connectivity index (χ4n) is 2.81. The fourth-order valence-corrected chi connectivity index (χ4v) is 2.81. The molecule has 1 saturated carbocycles. The molecule has 0 N–H and O–H groups in total. The van der Waals surface area contributed by atoms with Crippen molar-refractivity contribution in [2.75, 3.05) is 0 Å². The Morgan fingerprint density at radius 2 is 1.67 bits per heavy atom. The molecule has 0 radical (unpaired) electrons. The minimum absolute atomic E-state index is 0.800. The lowest BCUT2D eigenvalue weighted by Crippen LogP contribution is -2.19. The Morgan fingerprint density at radius 1 is 1.00 bits per heavy atom. The fraction of sp³-hybridized carbons (Fsp3) is 0.600. The van der Waals surface area contributed by atoms with Crippen LogP contribution in [0, 0.1) is 18.8 Å². The lowest BCUT2D eigenvalue weighted by atomic mass is 9.72. The van der Waals surface area contributed by atoms with E-state index < -0.39 is 0 Å². The molecule has 0 heteroatoms. The average Bonchev–Trinajstić information content (AvgIpc) is 2.23. The monoisotopic (exact) mass is 202 g/mol. The molecule has 0 bridgehead atoms. The molecule has 0 aliphatic heterocycles. The first-order valence-corrected chi connectivity index (χ1v) is 6.23. The SMILES string of the molecule is Cc1ccc(C2CC(C)CCC2C)cc1. The van der Waals surface area contributed by atoms with Crippen LogP contribution in [0.1, 0.15) is 50.2 Å². The van der Waals surface area contributed by atoms with E-state index in [2.05, 4.69) is 45.0 Å². The smallest absolute Gasteiger partial charge is 0.0134 e. The van der Waals surface area contributed by atoms with Crippen molar-refractivity contribution < 1.29 is 0 Å². The summed E-state index contributed by atoms with van der Waals surface area (Å²) in [6.07, 6.45) is 4.20. The maximum absolute atomic E-state index is 2.41. The number of aryl methyl sites for hydroxylation is 1. The topological polar surface area (TPSA) is 0 Å². The second kappa shape index (κ2) is 4.38. The predicted molar refractivity (Wildman–Crippen MR) is 66.1 cm³/mol. The van der Waals surface area contributed by atoms with Crippen LogP contribution in [0.2, 0.25) is 0 Å². The van der Waals surface area contributed by atoms with Gasteiger partial charge in [0.05, 0.1) is 0 Å². The van der Waals surface area contributed by atoms with Crippen molar-refractivity contribution in [3.63, 3.8) is 0 Å². The Hall–Kier alpha value is -0.780. The Morgan fingerprint density at radius 3 is 2.33 bits per heavy atom. The van der Waals surface area contributed by atoms with Gasteiger partial charge in [0.15, 0.2) is 0 Å². The maximum Gasteiger partial charge on any atom is -0.0134 e. The van der Waals surface area contributed by atoms with Crippen molar-refractivity contribution in [3.05, 3.63) is 35.4 Å². The molecule has 0 nitrogen and oxygen atoms in total. The molecule has 15 heavy (non-hydrogen) atoms. The van der Waals surface area contributed by atoms with Gasteiger partial charge in [-0.1, -0.05) is 50.1 Å². The highest BCUT2D eigenvalue weighted by Crippen LogP contribution is 2.40. The van der Waals surface area contributed by atoms with Crippen LogP contribution in [0.25, 0.3) is 0 Å². The lowest BCUT2D eigenvalue weighted by Gasteiger charge is -2.33. The molecule has 1 aliphatic carbocycles. The first-order chi connectivity index (χ1) is 7.16. The van der Waals surface area contributed by atoms with Crippen LogP contribution < -0.4 is 0 Å². The van der Waals surface area contributed by atoms with Gasteiger partial charge in [-0.2, -0.15) is 0 Å². The number of hydrogen-bond acceptors (Lipinski definition) is 0. The van der Waals surface area contributed by atoms with E-state index in [0.717, 1.165) is 17.8 Å². The number of hydrogen-bond donors (Lipinski definition) is 0. The van der Waals surface area contributed by atoms with Crippen LogP contribution in [0.15, 0.2) is 24.3 Å². The van der Waals surface area contributed by atoms with Gasteiger partial charge in [0.25, 0.3) is 0 Å². The van der Waals surface area contributed by atoms with Crippen LogP contribution in [0.3, 0.4) is 0 Å². The minimum atomic E-state index is 0.800. The van der Waals surface area contributed by atoms with Gasteiger partial charge in [-0.25, -0.2) is 0 Å².